The number of aromatic amines is 1. The Labute approximate surface area is 139 Å². The van der Waals surface area contributed by atoms with Gasteiger partial charge in [-0.05, 0) is 36.8 Å². The van der Waals surface area contributed by atoms with Crippen molar-refractivity contribution in [2.75, 3.05) is 6.54 Å². The number of nitrogens with one attached hydrogen (secondary N) is 1. The average molecular weight is 328 g/mol. The Morgan fingerprint density at radius 3 is 2.96 bits per heavy atom. The first-order valence-electron chi connectivity index (χ1n) is 7.79. The summed E-state index contributed by atoms with van der Waals surface area (Å²) in [5.41, 5.74) is 2.98. The maximum absolute atomic E-state index is 12.9. The summed E-state index contributed by atoms with van der Waals surface area (Å²) in [4.78, 5) is 31.2. The number of nitrogens with zero attached hydrogens (tertiary/aromatic N) is 1. The molecule has 5 heteroatoms. The second-order valence-electron chi connectivity index (χ2n) is 5.81. The van der Waals surface area contributed by atoms with Crippen molar-refractivity contribution in [3.63, 3.8) is 0 Å². The van der Waals surface area contributed by atoms with Gasteiger partial charge in [0.05, 0.1) is 6.54 Å². The Bertz CT molecular complexity index is 743. The molecule has 2 heterocycles. The van der Waals surface area contributed by atoms with Crippen molar-refractivity contribution in [3.05, 3.63) is 57.6 Å². The van der Waals surface area contributed by atoms with Crippen LogP contribution >= 0.6 is 11.3 Å². The van der Waals surface area contributed by atoms with Gasteiger partial charge in [-0.1, -0.05) is 12.1 Å². The first-order chi connectivity index (χ1) is 11.1. The molecule has 0 saturated carbocycles. The number of hydrogen-bond acceptors (Lipinski definition) is 3. The van der Waals surface area contributed by atoms with E-state index in [0.29, 0.717) is 25.2 Å². The molecule has 0 saturated heterocycles. The molecule has 0 radical (unpaired) electrons. The molecule has 2 aromatic heterocycles. The van der Waals surface area contributed by atoms with Crippen LogP contribution in [0.25, 0.3) is 0 Å². The van der Waals surface area contributed by atoms with Crippen LogP contribution in [0.2, 0.25) is 0 Å². The summed E-state index contributed by atoms with van der Waals surface area (Å²) in [6.45, 7) is 6.65. The smallest absolute Gasteiger partial charge is 0.271 e. The van der Waals surface area contributed by atoms with E-state index in [1.54, 1.807) is 22.3 Å². The highest BCUT2D eigenvalue weighted by Crippen LogP contribution is 2.27. The van der Waals surface area contributed by atoms with Gasteiger partial charge in [-0.3, -0.25) is 9.59 Å². The number of ketones is 1. The zero-order valence-corrected chi connectivity index (χ0v) is 14.0. The Morgan fingerprint density at radius 1 is 1.48 bits per heavy atom. The van der Waals surface area contributed by atoms with Gasteiger partial charge in [-0.15, -0.1) is 17.9 Å². The van der Waals surface area contributed by atoms with E-state index in [4.69, 9.17) is 0 Å². The normalized spacial score (nSPS) is 13.7. The van der Waals surface area contributed by atoms with E-state index < -0.39 is 0 Å². The van der Waals surface area contributed by atoms with Crippen molar-refractivity contribution in [1.82, 2.24) is 9.88 Å². The number of amides is 1. The van der Waals surface area contributed by atoms with Gasteiger partial charge in [0.25, 0.3) is 5.91 Å². The largest absolute Gasteiger partial charge is 0.354 e. The second kappa shape index (κ2) is 6.54. The number of H-pyrrole nitrogens is 1. The molecule has 0 unspecified atom stereocenters. The maximum Gasteiger partial charge on any atom is 0.271 e. The van der Waals surface area contributed by atoms with Gasteiger partial charge in [0.2, 0.25) is 0 Å². The zero-order valence-electron chi connectivity index (χ0n) is 13.2. The number of aryl methyl sites for hydroxylation is 1. The van der Waals surface area contributed by atoms with E-state index in [1.807, 2.05) is 24.4 Å². The van der Waals surface area contributed by atoms with Gasteiger partial charge in [0, 0.05) is 29.1 Å². The van der Waals surface area contributed by atoms with Gasteiger partial charge in [0.15, 0.2) is 5.78 Å². The average Bonchev–Trinajstić information content (AvgIpc) is 3.15. The summed E-state index contributed by atoms with van der Waals surface area (Å²) in [7, 11) is 0. The lowest BCUT2D eigenvalue weighted by Gasteiger charge is -2.20. The Morgan fingerprint density at radius 2 is 2.30 bits per heavy atom. The van der Waals surface area contributed by atoms with Gasteiger partial charge in [-0.2, -0.15) is 0 Å². The van der Waals surface area contributed by atoms with Crippen molar-refractivity contribution >= 4 is 23.0 Å². The van der Waals surface area contributed by atoms with Crippen LogP contribution in [-0.4, -0.2) is 28.1 Å². The summed E-state index contributed by atoms with van der Waals surface area (Å²) in [6.07, 6.45) is 3.99. The first-order valence-corrected chi connectivity index (χ1v) is 8.67. The summed E-state index contributed by atoms with van der Waals surface area (Å²) >= 11 is 1.63. The Hall–Kier alpha value is -2.14. The third-order valence-electron chi connectivity index (χ3n) is 4.21. The molecule has 1 N–H and O–H groups in total. The topological polar surface area (TPSA) is 53.2 Å². The molecule has 0 bridgehead atoms. The van der Waals surface area contributed by atoms with E-state index in [1.165, 1.54) is 0 Å². The molecule has 0 spiro atoms. The van der Waals surface area contributed by atoms with Crippen LogP contribution in [0.3, 0.4) is 0 Å². The van der Waals surface area contributed by atoms with Gasteiger partial charge in [-0.25, -0.2) is 0 Å². The molecular formula is C18H20N2O2S. The van der Waals surface area contributed by atoms with Crippen molar-refractivity contribution in [3.8, 4) is 0 Å². The van der Waals surface area contributed by atoms with Crippen LogP contribution in [-0.2, 0) is 13.0 Å². The SMILES string of the molecule is C=CCN(Cc1cccs1)C(=O)c1[nH]c2c(c1C)C(=O)CCC2. The van der Waals surface area contributed by atoms with Crippen LogP contribution in [0, 0.1) is 6.92 Å². The zero-order chi connectivity index (χ0) is 16.4. The van der Waals surface area contributed by atoms with Crippen LogP contribution in [0.15, 0.2) is 30.2 Å². The predicted octanol–water partition coefficient (Wildman–Crippen LogP) is 3.73. The quantitative estimate of drug-likeness (QED) is 0.850. The van der Waals surface area contributed by atoms with Crippen LogP contribution in [0.1, 0.15) is 49.8 Å². The molecule has 0 atom stereocenters. The molecule has 23 heavy (non-hydrogen) atoms. The highest BCUT2D eigenvalue weighted by Gasteiger charge is 2.28. The first kappa shape index (κ1) is 15.7. The molecule has 1 aliphatic rings. The number of hydrogen-bond donors (Lipinski definition) is 1. The molecule has 0 aromatic carbocycles. The van der Waals surface area contributed by atoms with Crippen molar-refractivity contribution in [2.45, 2.75) is 32.7 Å². The minimum absolute atomic E-state index is 0.0713. The van der Waals surface area contributed by atoms with Crippen molar-refractivity contribution < 1.29 is 9.59 Å². The lowest BCUT2D eigenvalue weighted by atomic mass is 9.94. The molecule has 0 fully saturated rings. The standard InChI is InChI=1S/C18H20N2O2S/c1-3-9-20(11-13-6-5-10-23-13)18(22)17-12(2)16-14(19-17)7-4-8-15(16)21/h3,5-6,10,19H,1,4,7-9,11H2,2H3. The van der Waals surface area contributed by atoms with Crippen LogP contribution in [0.5, 0.6) is 0 Å². The van der Waals surface area contributed by atoms with Gasteiger partial charge in [0.1, 0.15) is 5.69 Å². The van der Waals surface area contributed by atoms with Crippen molar-refractivity contribution in [1.29, 1.82) is 0 Å². The van der Waals surface area contributed by atoms with Gasteiger partial charge >= 0.3 is 0 Å². The number of Topliss-reactive ketones (excluding diaryl/α,β-unsaturated/α-hetero) is 1. The number of fused-ring (bicyclic) bond motifs is 1. The molecule has 4 nitrogen and oxygen atoms in total. The fraction of sp³-hybridized carbons (Fsp3) is 0.333. The second-order valence-corrected chi connectivity index (χ2v) is 6.84. The van der Waals surface area contributed by atoms with Crippen molar-refractivity contribution in [2.24, 2.45) is 0 Å². The summed E-state index contributed by atoms with van der Waals surface area (Å²) in [5.74, 6) is 0.0746. The number of rotatable bonds is 5. The molecule has 1 aliphatic carbocycles. The third-order valence-corrected chi connectivity index (χ3v) is 5.08. The lowest BCUT2D eigenvalue weighted by Crippen LogP contribution is -2.31. The molecule has 3 rings (SSSR count). The fourth-order valence-electron chi connectivity index (χ4n) is 3.11. The number of carbonyl (C=O) groups excluding carboxylic acids is 2. The summed E-state index contributed by atoms with van der Waals surface area (Å²) in [5, 5.41) is 2.00. The minimum Gasteiger partial charge on any atom is -0.354 e. The molecule has 0 aliphatic heterocycles. The molecule has 1 amide bonds. The van der Waals surface area contributed by atoms with E-state index >= 15 is 0 Å². The number of thiophene rings is 1. The Balaban J connectivity index is 1.91. The van der Waals surface area contributed by atoms with Crippen LogP contribution in [0.4, 0.5) is 0 Å². The highest BCUT2D eigenvalue weighted by molar-refractivity contribution is 7.09. The monoisotopic (exact) mass is 328 g/mol. The lowest BCUT2D eigenvalue weighted by molar-refractivity contribution is 0.0758. The van der Waals surface area contributed by atoms with E-state index in [2.05, 4.69) is 11.6 Å². The predicted molar refractivity (Wildman–Crippen MR) is 92.1 cm³/mol. The third kappa shape index (κ3) is 3.01. The maximum atomic E-state index is 12.9. The van der Waals surface area contributed by atoms with Crippen LogP contribution < -0.4 is 0 Å². The molecular weight excluding hydrogens is 308 g/mol. The summed E-state index contributed by atoms with van der Waals surface area (Å²) in [6, 6.07) is 4.00. The summed E-state index contributed by atoms with van der Waals surface area (Å²) < 4.78 is 0. The minimum atomic E-state index is -0.0713. The molecule has 120 valence electrons. The van der Waals surface area contributed by atoms with E-state index in [-0.39, 0.29) is 11.7 Å². The number of carbonyl (C=O) groups is 2. The fourth-order valence-corrected chi connectivity index (χ4v) is 3.83. The van der Waals surface area contributed by atoms with E-state index in [0.717, 1.165) is 34.5 Å². The van der Waals surface area contributed by atoms with E-state index in [9.17, 15) is 9.59 Å². The highest BCUT2D eigenvalue weighted by atomic mass is 32.1. The molecule has 2 aromatic rings. The Kier molecular flexibility index (Phi) is 4.48. The number of aromatic nitrogens is 1. The van der Waals surface area contributed by atoms with Gasteiger partial charge < -0.3 is 9.88 Å².